The van der Waals surface area contributed by atoms with Gasteiger partial charge in [0.25, 0.3) is 0 Å². The third-order valence-electron chi connectivity index (χ3n) is 1.46. The fourth-order valence-corrected chi connectivity index (χ4v) is 0.849. The van der Waals surface area contributed by atoms with Gasteiger partial charge >= 0.3 is 0 Å². The standard InChI is InChI=1S/C6H11N/c1-2-5-3-6(7)4-5/h2,6H,3-4,7H2,1H3. The molecule has 1 aliphatic rings. The summed E-state index contributed by atoms with van der Waals surface area (Å²) < 4.78 is 0. The van der Waals surface area contributed by atoms with Crippen molar-refractivity contribution in [3.63, 3.8) is 0 Å². The summed E-state index contributed by atoms with van der Waals surface area (Å²) in [6, 6.07) is 0.478. The molecular weight excluding hydrogens is 86.1 g/mol. The summed E-state index contributed by atoms with van der Waals surface area (Å²) >= 11 is 0. The summed E-state index contributed by atoms with van der Waals surface area (Å²) in [5, 5.41) is 0. The molecular formula is C6H11N. The van der Waals surface area contributed by atoms with Crippen LogP contribution in [-0.2, 0) is 0 Å². The van der Waals surface area contributed by atoms with E-state index in [1.165, 1.54) is 5.57 Å². The third-order valence-corrected chi connectivity index (χ3v) is 1.46. The largest absolute Gasteiger partial charge is 0.327 e. The van der Waals surface area contributed by atoms with E-state index in [1.807, 2.05) is 0 Å². The Hall–Kier alpha value is -0.300. The summed E-state index contributed by atoms with van der Waals surface area (Å²) in [4.78, 5) is 0. The Balaban J connectivity index is 2.30. The van der Waals surface area contributed by atoms with Crippen molar-refractivity contribution in [2.45, 2.75) is 25.8 Å². The summed E-state index contributed by atoms with van der Waals surface area (Å²) in [7, 11) is 0. The van der Waals surface area contributed by atoms with Gasteiger partial charge in [0.1, 0.15) is 0 Å². The molecule has 1 saturated carbocycles. The van der Waals surface area contributed by atoms with Gasteiger partial charge in [0.05, 0.1) is 0 Å². The predicted molar refractivity (Wildman–Crippen MR) is 31.0 cm³/mol. The zero-order chi connectivity index (χ0) is 5.28. The lowest BCUT2D eigenvalue weighted by atomic mass is 9.87. The van der Waals surface area contributed by atoms with Crippen LogP contribution < -0.4 is 5.73 Å². The van der Waals surface area contributed by atoms with Crippen LogP contribution in [-0.4, -0.2) is 6.04 Å². The van der Waals surface area contributed by atoms with E-state index in [2.05, 4.69) is 13.0 Å². The van der Waals surface area contributed by atoms with E-state index >= 15 is 0 Å². The average Bonchev–Trinajstić information content (AvgIpc) is 1.58. The zero-order valence-electron chi connectivity index (χ0n) is 4.65. The van der Waals surface area contributed by atoms with Crippen molar-refractivity contribution >= 4 is 0 Å². The molecule has 0 aromatic rings. The molecule has 0 atom stereocenters. The molecule has 1 rings (SSSR count). The molecule has 2 N–H and O–H groups in total. The van der Waals surface area contributed by atoms with Crippen LogP contribution in [0.2, 0.25) is 0 Å². The van der Waals surface area contributed by atoms with Gasteiger partial charge in [0.15, 0.2) is 0 Å². The van der Waals surface area contributed by atoms with Crippen molar-refractivity contribution in [2.24, 2.45) is 5.73 Å². The lowest BCUT2D eigenvalue weighted by molar-refractivity contribution is 0.541. The molecule has 0 heterocycles. The second-order valence-corrected chi connectivity index (χ2v) is 2.12. The molecule has 0 aromatic heterocycles. The minimum Gasteiger partial charge on any atom is -0.327 e. The third kappa shape index (κ3) is 0.829. The van der Waals surface area contributed by atoms with E-state index < -0.39 is 0 Å². The van der Waals surface area contributed by atoms with E-state index in [4.69, 9.17) is 5.73 Å². The number of hydrogen-bond donors (Lipinski definition) is 1. The van der Waals surface area contributed by atoms with E-state index in [0.717, 1.165) is 12.8 Å². The summed E-state index contributed by atoms with van der Waals surface area (Å²) in [5.74, 6) is 0. The number of allylic oxidation sites excluding steroid dienone is 1. The minimum atomic E-state index is 0.478. The van der Waals surface area contributed by atoms with Crippen LogP contribution >= 0.6 is 0 Å². The maximum Gasteiger partial charge on any atom is 0.0113 e. The fraction of sp³-hybridized carbons (Fsp3) is 0.667. The number of nitrogens with two attached hydrogens (primary N) is 1. The number of hydrogen-bond acceptors (Lipinski definition) is 1. The summed E-state index contributed by atoms with van der Waals surface area (Å²) in [6.07, 6.45) is 4.43. The van der Waals surface area contributed by atoms with Gasteiger partial charge in [-0.2, -0.15) is 0 Å². The van der Waals surface area contributed by atoms with Gasteiger partial charge in [0, 0.05) is 6.04 Å². The molecule has 0 aliphatic heterocycles. The van der Waals surface area contributed by atoms with Gasteiger partial charge in [-0.25, -0.2) is 0 Å². The second kappa shape index (κ2) is 1.66. The fourth-order valence-electron chi connectivity index (χ4n) is 0.849. The van der Waals surface area contributed by atoms with Crippen LogP contribution in [0.4, 0.5) is 0 Å². The maximum atomic E-state index is 5.50. The Morgan fingerprint density at radius 1 is 1.71 bits per heavy atom. The molecule has 7 heavy (non-hydrogen) atoms. The van der Waals surface area contributed by atoms with Crippen LogP contribution in [0.1, 0.15) is 19.8 Å². The van der Waals surface area contributed by atoms with Crippen LogP contribution in [0.5, 0.6) is 0 Å². The Labute approximate surface area is 44.2 Å². The monoisotopic (exact) mass is 97.1 g/mol. The van der Waals surface area contributed by atoms with Crippen molar-refractivity contribution in [3.05, 3.63) is 11.6 Å². The molecule has 0 bridgehead atoms. The van der Waals surface area contributed by atoms with Gasteiger partial charge in [-0.3, -0.25) is 0 Å². The Bertz CT molecular complexity index is 86.4. The average molecular weight is 97.2 g/mol. The molecule has 40 valence electrons. The van der Waals surface area contributed by atoms with Gasteiger partial charge in [0.2, 0.25) is 0 Å². The first kappa shape index (κ1) is 4.85. The quantitative estimate of drug-likeness (QED) is 0.449. The maximum absolute atomic E-state index is 5.50. The highest BCUT2D eigenvalue weighted by Gasteiger charge is 2.16. The smallest absolute Gasteiger partial charge is 0.0113 e. The Kier molecular flexibility index (Phi) is 1.15. The number of rotatable bonds is 0. The molecule has 1 nitrogen and oxygen atoms in total. The highest BCUT2D eigenvalue weighted by Crippen LogP contribution is 2.23. The molecule has 0 radical (unpaired) electrons. The highest BCUT2D eigenvalue weighted by molar-refractivity contribution is 5.13. The molecule has 0 aromatic carbocycles. The van der Waals surface area contributed by atoms with Gasteiger partial charge in [-0.15, -0.1) is 0 Å². The first-order chi connectivity index (χ1) is 3.33. The normalized spacial score (nSPS) is 29.4. The van der Waals surface area contributed by atoms with Crippen LogP contribution in [0.25, 0.3) is 0 Å². The molecule has 1 aliphatic carbocycles. The lowest BCUT2D eigenvalue weighted by Gasteiger charge is -2.24. The van der Waals surface area contributed by atoms with Gasteiger partial charge in [-0.05, 0) is 19.8 Å². The molecule has 0 amide bonds. The van der Waals surface area contributed by atoms with Crippen molar-refractivity contribution < 1.29 is 0 Å². The van der Waals surface area contributed by atoms with Gasteiger partial charge < -0.3 is 5.73 Å². The van der Waals surface area contributed by atoms with Crippen LogP contribution in [0.15, 0.2) is 11.6 Å². The Morgan fingerprint density at radius 3 is 2.43 bits per heavy atom. The molecule has 1 fully saturated rings. The van der Waals surface area contributed by atoms with E-state index in [-0.39, 0.29) is 0 Å². The SMILES string of the molecule is CC=C1CC(N)C1. The first-order valence-corrected chi connectivity index (χ1v) is 2.72. The van der Waals surface area contributed by atoms with Crippen molar-refractivity contribution in [3.8, 4) is 0 Å². The first-order valence-electron chi connectivity index (χ1n) is 2.72. The lowest BCUT2D eigenvalue weighted by Crippen LogP contribution is -2.29. The molecule has 0 unspecified atom stereocenters. The molecule has 0 saturated heterocycles. The van der Waals surface area contributed by atoms with E-state index in [9.17, 15) is 0 Å². The summed E-state index contributed by atoms with van der Waals surface area (Å²) in [6.45, 7) is 2.07. The van der Waals surface area contributed by atoms with Gasteiger partial charge in [-0.1, -0.05) is 11.6 Å². The van der Waals surface area contributed by atoms with Crippen molar-refractivity contribution in [1.82, 2.24) is 0 Å². The minimum absolute atomic E-state index is 0.478. The van der Waals surface area contributed by atoms with Crippen LogP contribution in [0.3, 0.4) is 0 Å². The highest BCUT2D eigenvalue weighted by atomic mass is 14.7. The zero-order valence-corrected chi connectivity index (χ0v) is 4.65. The molecule has 0 spiro atoms. The van der Waals surface area contributed by atoms with Crippen LogP contribution in [0, 0.1) is 0 Å². The van der Waals surface area contributed by atoms with E-state index in [1.54, 1.807) is 0 Å². The topological polar surface area (TPSA) is 26.0 Å². The Morgan fingerprint density at radius 2 is 2.29 bits per heavy atom. The van der Waals surface area contributed by atoms with E-state index in [0.29, 0.717) is 6.04 Å². The predicted octanol–water partition coefficient (Wildman–Crippen LogP) is 1.05. The second-order valence-electron chi connectivity index (χ2n) is 2.12. The van der Waals surface area contributed by atoms with Crippen molar-refractivity contribution in [2.75, 3.05) is 0 Å². The summed E-state index contributed by atoms with van der Waals surface area (Å²) in [5.41, 5.74) is 7.02. The van der Waals surface area contributed by atoms with Crippen molar-refractivity contribution in [1.29, 1.82) is 0 Å². The molecule has 1 heteroatoms.